The van der Waals surface area contributed by atoms with Crippen LogP contribution in [0.15, 0.2) is 46.7 Å². The monoisotopic (exact) mass is 382 g/mol. The lowest BCUT2D eigenvalue weighted by Gasteiger charge is -2.09. The fraction of sp³-hybridized carbons (Fsp3) is 0.300. The van der Waals surface area contributed by atoms with Crippen molar-refractivity contribution in [2.45, 2.75) is 49.5 Å². The van der Waals surface area contributed by atoms with Crippen molar-refractivity contribution < 1.29 is 0 Å². The molecule has 0 saturated carbocycles. The van der Waals surface area contributed by atoms with Crippen molar-refractivity contribution in [2.24, 2.45) is 0 Å². The van der Waals surface area contributed by atoms with E-state index in [9.17, 15) is 0 Å². The minimum atomic E-state index is 0.836. The first-order chi connectivity index (χ1) is 12.5. The Morgan fingerprint density at radius 3 is 1.31 bits per heavy atom. The van der Waals surface area contributed by atoms with Gasteiger partial charge in [-0.05, 0) is 51.0 Å². The zero-order chi connectivity index (χ0) is 18.5. The molecule has 0 radical (unpaired) electrons. The summed E-state index contributed by atoms with van der Waals surface area (Å²) < 4.78 is 0. The van der Waals surface area contributed by atoms with Crippen LogP contribution < -0.4 is 0 Å². The Kier molecular flexibility index (Phi) is 6.27. The number of aryl methyl sites for hydroxylation is 4. The third-order valence-electron chi connectivity index (χ3n) is 3.76. The summed E-state index contributed by atoms with van der Waals surface area (Å²) in [5.74, 6) is 1.71. The Balaban J connectivity index is 1.69. The van der Waals surface area contributed by atoms with E-state index in [1.807, 2.05) is 39.8 Å². The predicted octanol–water partition coefficient (Wildman–Crippen LogP) is 5.08. The lowest BCUT2D eigenvalue weighted by Crippen LogP contribution is -1.96. The summed E-state index contributed by atoms with van der Waals surface area (Å²) >= 11 is 3.36. The minimum Gasteiger partial charge on any atom is -0.228 e. The van der Waals surface area contributed by atoms with Crippen molar-refractivity contribution >= 4 is 23.5 Å². The molecule has 134 valence electrons. The average Bonchev–Trinajstić information content (AvgIpc) is 2.57. The number of benzene rings is 1. The maximum atomic E-state index is 4.52. The van der Waals surface area contributed by atoms with E-state index in [0.29, 0.717) is 0 Å². The fourth-order valence-corrected chi connectivity index (χ4v) is 4.61. The second-order valence-electron chi connectivity index (χ2n) is 6.21. The van der Waals surface area contributed by atoms with E-state index < -0.39 is 0 Å². The summed E-state index contributed by atoms with van der Waals surface area (Å²) in [6.07, 6.45) is 0. The van der Waals surface area contributed by atoms with E-state index in [4.69, 9.17) is 0 Å². The van der Waals surface area contributed by atoms with Gasteiger partial charge in [0.2, 0.25) is 0 Å². The van der Waals surface area contributed by atoms with Gasteiger partial charge in [-0.2, -0.15) is 0 Å². The third-order valence-corrected chi connectivity index (χ3v) is 5.55. The van der Waals surface area contributed by atoms with Crippen LogP contribution >= 0.6 is 23.5 Å². The molecule has 0 unspecified atom stereocenters. The summed E-state index contributed by atoms with van der Waals surface area (Å²) in [4.78, 5) is 18.1. The smallest absolute Gasteiger partial charge is 0.188 e. The van der Waals surface area contributed by atoms with Crippen LogP contribution in [-0.4, -0.2) is 19.9 Å². The maximum Gasteiger partial charge on any atom is 0.188 e. The highest BCUT2D eigenvalue weighted by molar-refractivity contribution is 7.98. The average molecular weight is 383 g/mol. The molecule has 2 heterocycles. The minimum absolute atomic E-state index is 0.836. The van der Waals surface area contributed by atoms with Gasteiger partial charge in [0.05, 0.1) is 0 Å². The first kappa shape index (κ1) is 18.9. The van der Waals surface area contributed by atoms with Crippen LogP contribution in [0.25, 0.3) is 0 Å². The quantitative estimate of drug-likeness (QED) is 0.437. The number of nitrogens with zero attached hydrogens (tertiary/aromatic N) is 4. The van der Waals surface area contributed by atoms with E-state index in [0.717, 1.165) is 44.6 Å². The van der Waals surface area contributed by atoms with Crippen LogP contribution in [0, 0.1) is 27.7 Å². The van der Waals surface area contributed by atoms with Crippen molar-refractivity contribution in [1.29, 1.82) is 0 Å². The van der Waals surface area contributed by atoms with Gasteiger partial charge in [-0.3, -0.25) is 0 Å². The van der Waals surface area contributed by atoms with Crippen molar-refractivity contribution in [1.82, 2.24) is 19.9 Å². The molecule has 0 N–H and O–H groups in total. The van der Waals surface area contributed by atoms with Crippen molar-refractivity contribution in [3.63, 3.8) is 0 Å². The molecule has 0 saturated heterocycles. The molecule has 2 aromatic heterocycles. The maximum absolute atomic E-state index is 4.52. The molecule has 0 fully saturated rings. The number of rotatable bonds is 6. The Hall–Kier alpha value is -1.92. The molecule has 4 nitrogen and oxygen atoms in total. The molecule has 0 amide bonds. The van der Waals surface area contributed by atoms with Crippen LogP contribution in [0.1, 0.15) is 33.9 Å². The van der Waals surface area contributed by atoms with Gasteiger partial charge in [0.15, 0.2) is 10.3 Å². The first-order valence-electron chi connectivity index (χ1n) is 8.46. The molecule has 0 atom stereocenters. The lowest BCUT2D eigenvalue weighted by molar-refractivity contribution is 0.900. The van der Waals surface area contributed by atoms with Crippen molar-refractivity contribution in [3.8, 4) is 0 Å². The molecule has 0 aliphatic rings. The normalized spacial score (nSPS) is 10.9. The fourth-order valence-electron chi connectivity index (χ4n) is 2.64. The Bertz CT molecular complexity index is 797. The summed E-state index contributed by atoms with van der Waals surface area (Å²) in [5.41, 5.74) is 6.65. The number of thioether (sulfide) groups is 2. The Labute approximate surface area is 163 Å². The molecule has 3 aromatic rings. The Morgan fingerprint density at radius 1 is 0.615 bits per heavy atom. The van der Waals surface area contributed by atoms with E-state index in [1.54, 1.807) is 23.5 Å². The molecule has 0 aliphatic heterocycles. The molecule has 3 rings (SSSR count). The van der Waals surface area contributed by atoms with Gasteiger partial charge in [0.25, 0.3) is 0 Å². The highest BCUT2D eigenvalue weighted by Gasteiger charge is 2.08. The number of aromatic nitrogens is 4. The predicted molar refractivity (Wildman–Crippen MR) is 109 cm³/mol. The molecule has 6 heteroatoms. The largest absolute Gasteiger partial charge is 0.228 e. The molecule has 0 bridgehead atoms. The summed E-state index contributed by atoms with van der Waals surface area (Å²) in [6, 6.07) is 12.5. The summed E-state index contributed by atoms with van der Waals surface area (Å²) in [7, 11) is 0. The SMILES string of the molecule is Cc1cc(C)nc(SCc2ccccc2CSc2nc(C)cc(C)n2)n1. The zero-order valence-corrected chi connectivity index (χ0v) is 17.1. The highest BCUT2D eigenvalue weighted by Crippen LogP contribution is 2.26. The van der Waals surface area contributed by atoms with Gasteiger partial charge in [-0.15, -0.1) is 0 Å². The summed E-state index contributed by atoms with van der Waals surface area (Å²) in [5, 5.41) is 1.67. The topological polar surface area (TPSA) is 51.6 Å². The second kappa shape index (κ2) is 8.64. The molecular weight excluding hydrogens is 360 g/mol. The molecule has 0 aliphatic carbocycles. The van der Waals surface area contributed by atoms with E-state index in [1.165, 1.54) is 11.1 Å². The third kappa shape index (κ3) is 5.29. The van der Waals surface area contributed by atoms with E-state index in [-0.39, 0.29) is 0 Å². The van der Waals surface area contributed by atoms with Crippen molar-refractivity contribution in [2.75, 3.05) is 0 Å². The lowest BCUT2D eigenvalue weighted by atomic mass is 10.1. The van der Waals surface area contributed by atoms with Crippen LogP contribution in [0.3, 0.4) is 0 Å². The van der Waals surface area contributed by atoms with Gasteiger partial charge in [-0.1, -0.05) is 47.8 Å². The van der Waals surface area contributed by atoms with Gasteiger partial charge in [0, 0.05) is 34.3 Å². The molecular formula is C20H22N4S2. The molecule has 0 spiro atoms. The second-order valence-corrected chi connectivity index (χ2v) is 8.10. The van der Waals surface area contributed by atoms with Crippen LogP contribution in [0.5, 0.6) is 0 Å². The van der Waals surface area contributed by atoms with Gasteiger partial charge < -0.3 is 0 Å². The standard InChI is InChI=1S/C20H22N4S2/c1-13-9-14(2)22-19(21-13)25-11-17-7-5-6-8-18(17)12-26-20-23-15(3)10-16(4)24-20/h5-10H,11-12H2,1-4H3. The molecule has 26 heavy (non-hydrogen) atoms. The van der Waals surface area contributed by atoms with Gasteiger partial charge in [0.1, 0.15) is 0 Å². The van der Waals surface area contributed by atoms with Crippen LogP contribution in [0.2, 0.25) is 0 Å². The summed E-state index contributed by atoms with van der Waals surface area (Å²) in [6.45, 7) is 8.03. The van der Waals surface area contributed by atoms with Gasteiger partial charge >= 0.3 is 0 Å². The van der Waals surface area contributed by atoms with Crippen LogP contribution in [0.4, 0.5) is 0 Å². The first-order valence-corrected chi connectivity index (χ1v) is 10.4. The molecule has 1 aromatic carbocycles. The number of hydrogen-bond acceptors (Lipinski definition) is 6. The van der Waals surface area contributed by atoms with Crippen molar-refractivity contribution in [3.05, 3.63) is 70.3 Å². The van der Waals surface area contributed by atoms with Crippen LogP contribution in [-0.2, 0) is 11.5 Å². The van der Waals surface area contributed by atoms with Gasteiger partial charge in [-0.25, -0.2) is 19.9 Å². The Morgan fingerprint density at radius 2 is 0.962 bits per heavy atom. The highest BCUT2D eigenvalue weighted by atomic mass is 32.2. The zero-order valence-electron chi connectivity index (χ0n) is 15.5. The van der Waals surface area contributed by atoms with E-state index in [2.05, 4.69) is 44.2 Å². The van der Waals surface area contributed by atoms with E-state index >= 15 is 0 Å². The number of hydrogen-bond donors (Lipinski definition) is 0.